The molecule has 2 saturated heterocycles. The molecule has 2 heterocycles. The molecular weight excluding hydrogens is 276 g/mol. The predicted octanol–water partition coefficient (Wildman–Crippen LogP) is 2.88. The van der Waals surface area contributed by atoms with Crippen LogP contribution in [0.1, 0.15) is 12.8 Å². The molecular formula is C14H20BrN2+. The summed E-state index contributed by atoms with van der Waals surface area (Å²) in [5.74, 6) is 0. The molecule has 2 aliphatic rings. The van der Waals surface area contributed by atoms with Crippen molar-refractivity contribution in [1.29, 1.82) is 0 Å². The second-order valence-electron chi connectivity index (χ2n) is 5.41. The number of hydrogen-bond acceptors (Lipinski definition) is 1. The molecule has 92 valence electrons. The lowest BCUT2D eigenvalue weighted by Gasteiger charge is -2.42. The molecule has 0 aliphatic carbocycles. The minimum atomic E-state index is 1.17. The molecule has 1 aromatic carbocycles. The Morgan fingerprint density at radius 1 is 0.882 bits per heavy atom. The fourth-order valence-electron chi connectivity index (χ4n) is 3.25. The third-order valence-electron chi connectivity index (χ3n) is 4.40. The van der Waals surface area contributed by atoms with Crippen LogP contribution >= 0.6 is 15.9 Å². The van der Waals surface area contributed by atoms with Gasteiger partial charge in [-0.15, -0.1) is 0 Å². The Morgan fingerprint density at radius 2 is 1.47 bits per heavy atom. The number of benzene rings is 1. The van der Waals surface area contributed by atoms with Crippen LogP contribution in [0.25, 0.3) is 0 Å². The zero-order valence-corrected chi connectivity index (χ0v) is 11.8. The monoisotopic (exact) mass is 295 g/mol. The smallest absolute Gasteiger partial charge is 0.0965 e. The summed E-state index contributed by atoms with van der Waals surface area (Å²) >= 11 is 3.50. The molecule has 0 atom stereocenters. The van der Waals surface area contributed by atoms with Gasteiger partial charge in [0.25, 0.3) is 0 Å². The van der Waals surface area contributed by atoms with Gasteiger partial charge in [0.05, 0.1) is 39.3 Å². The van der Waals surface area contributed by atoms with Crippen molar-refractivity contribution in [2.45, 2.75) is 12.8 Å². The quantitative estimate of drug-likeness (QED) is 0.720. The lowest BCUT2D eigenvalue weighted by atomic mass is 10.2. The first kappa shape index (κ1) is 11.5. The van der Waals surface area contributed by atoms with E-state index in [0.717, 1.165) is 0 Å². The summed E-state index contributed by atoms with van der Waals surface area (Å²) in [5, 5.41) is 0. The Balaban J connectivity index is 1.66. The van der Waals surface area contributed by atoms with E-state index in [1.54, 1.807) is 0 Å². The molecule has 0 radical (unpaired) electrons. The molecule has 2 nitrogen and oxygen atoms in total. The Kier molecular flexibility index (Phi) is 3.14. The normalized spacial score (nSPS) is 23.2. The first-order valence-electron chi connectivity index (χ1n) is 6.63. The van der Waals surface area contributed by atoms with Gasteiger partial charge in [0.15, 0.2) is 0 Å². The number of halogens is 1. The number of nitrogens with zero attached hydrogens (tertiary/aromatic N) is 2. The Hall–Kier alpha value is -0.540. The average Bonchev–Trinajstić information content (AvgIpc) is 2.80. The van der Waals surface area contributed by atoms with E-state index in [-0.39, 0.29) is 0 Å². The molecule has 1 spiro atoms. The van der Waals surface area contributed by atoms with Gasteiger partial charge in [-0.25, -0.2) is 0 Å². The SMILES string of the molecule is Brc1ccc(N2CC[N+]3(CCCC3)CC2)cc1. The fourth-order valence-corrected chi connectivity index (χ4v) is 3.52. The second-order valence-corrected chi connectivity index (χ2v) is 6.32. The van der Waals surface area contributed by atoms with Crippen LogP contribution < -0.4 is 4.90 Å². The maximum atomic E-state index is 3.50. The number of piperazine rings is 1. The summed E-state index contributed by atoms with van der Waals surface area (Å²) in [7, 11) is 0. The van der Waals surface area contributed by atoms with Gasteiger partial charge in [-0.1, -0.05) is 15.9 Å². The molecule has 2 fully saturated rings. The summed E-state index contributed by atoms with van der Waals surface area (Å²) < 4.78 is 2.56. The summed E-state index contributed by atoms with van der Waals surface area (Å²) in [5.41, 5.74) is 1.38. The van der Waals surface area contributed by atoms with Gasteiger partial charge in [-0.3, -0.25) is 0 Å². The average molecular weight is 296 g/mol. The fraction of sp³-hybridized carbons (Fsp3) is 0.571. The molecule has 0 bridgehead atoms. The highest BCUT2D eigenvalue weighted by Gasteiger charge is 2.35. The van der Waals surface area contributed by atoms with Crippen LogP contribution in [-0.4, -0.2) is 43.8 Å². The van der Waals surface area contributed by atoms with E-state index < -0.39 is 0 Å². The van der Waals surface area contributed by atoms with E-state index in [1.807, 2.05) is 0 Å². The lowest BCUT2D eigenvalue weighted by molar-refractivity contribution is -0.917. The Labute approximate surface area is 112 Å². The van der Waals surface area contributed by atoms with E-state index in [1.165, 1.54) is 66.8 Å². The van der Waals surface area contributed by atoms with Crippen LogP contribution in [0.2, 0.25) is 0 Å². The van der Waals surface area contributed by atoms with Crippen LogP contribution in [0.3, 0.4) is 0 Å². The lowest BCUT2D eigenvalue weighted by Crippen LogP contribution is -2.58. The molecule has 2 aliphatic heterocycles. The van der Waals surface area contributed by atoms with Crippen LogP contribution in [0.5, 0.6) is 0 Å². The highest BCUT2D eigenvalue weighted by molar-refractivity contribution is 9.10. The number of hydrogen-bond donors (Lipinski definition) is 0. The summed E-state index contributed by atoms with van der Waals surface area (Å²) in [6.07, 6.45) is 2.89. The van der Waals surface area contributed by atoms with Crippen molar-refractivity contribution in [1.82, 2.24) is 0 Å². The minimum absolute atomic E-state index is 1.17. The first-order valence-corrected chi connectivity index (χ1v) is 7.42. The highest BCUT2D eigenvalue weighted by Crippen LogP contribution is 2.25. The summed E-state index contributed by atoms with van der Waals surface area (Å²) in [4.78, 5) is 2.54. The molecule has 17 heavy (non-hydrogen) atoms. The summed E-state index contributed by atoms with van der Waals surface area (Å²) in [6.45, 7) is 7.98. The molecule has 0 N–H and O–H groups in total. The van der Waals surface area contributed by atoms with Gasteiger partial charge < -0.3 is 9.38 Å². The van der Waals surface area contributed by atoms with Crippen LogP contribution in [-0.2, 0) is 0 Å². The largest absolute Gasteiger partial charge is 0.360 e. The molecule has 0 saturated carbocycles. The van der Waals surface area contributed by atoms with Crippen molar-refractivity contribution in [3.63, 3.8) is 0 Å². The topological polar surface area (TPSA) is 3.24 Å². The maximum Gasteiger partial charge on any atom is 0.0965 e. The second kappa shape index (κ2) is 4.62. The predicted molar refractivity (Wildman–Crippen MR) is 75.3 cm³/mol. The molecule has 0 aromatic heterocycles. The van der Waals surface area contributed by atoms with Gasteiger partial charge in [-0.2, -0.15) is 0 Å². The molecule has 3 rings (SSSR count). The third kappa shape index (κ3) is 2.36. The van der Waals surface area contributed by atoms with Crippen LogP contribution in [0.15, 0.2) is 28.7 Å². The Bertz CT molecular complexity index is 372. The van der Waals surface area contributed by atoms with Gasteiger partial charge in [-0.05, 0) is 24.3 Å². The number of quaternary nitrogens is 1. The van der Waals surface area contributed by atoms with Crippen molar-refractivity contribution in [3.8, 4) is 0 Å². The van der Waals surface area contributed by atoms with E-state index in [4.69, 9.17) is 0 Å². The third-order valence-corrected chi connectivity index (χ3v) is 4.92. The van der Waals surface area contributed by atoms with Crippen molar-refractivity contribution < 1.29 is 4.48 Å². The molecule has 1 aromatic rings. The molecule has 3 heteroatoms. The van der Waals surface area contributed by atoms with E-state index >= 15 is 0 Å². The summed E-state index contributed by atoms with van der Waals surface area (Å²) in [6, 6.07) is 8.74. The molecule has 0 unspecified atom stereocenters. The van der Waals surface area contributed by atoms with E-state index in [2.05, 4.69) is 45.1 Å². The van der Waals surface area contributed by atoms with Gasteiger partial charge in [0.2, 0.25) is 0 Å². The number of anilines is 1. The van der Waals surface area contributed by atoms with Crippen LogP contribution in [0.4, 0.5) is 5.69 Å². The zero-order chi connectivity index (χ0) is 11.7. The van der Waals surface area contributed by atoms with Crippen molar-refractivity contribution in [3.05, 3.63) is 28.7 Å². The van der Waals surface area contributed by atoms with E-state index in [0.29, 0.717) is 0 Å². The van der Waals surface area contributed by atoms with Gasteiger partial charge in [0.1, 0.15) is 0 Å². The minimum Gasteiger partial charge on any atom is -0.360 e. The van der Waals surface area contributed by atoms with Gasteiger partial charge in [0, 0.05) is 23.0 Å². The van der Waals surface area contributed by atoms with E-state index in [9.17, 15) is 0 Å². The highest BCUT2D eigenvalue weighted by atomic mass is 79.9. The van der Waals surface area contributed by atoms with Crippen molar-refractivity contribution in [2.24, 2.45) is 0 Å². The zero-order valence-electron chi connectivity index (χ0n) is 10.2. The number of rotatable bonds is 1. The standard InChI is InChI=1S/C14H20BrN2/c15-13-3-5-14(6-4-13)16-7-11-17(12-8-16)9-1-2-10-17/h3-6H,1-2,7-12H2/q+1. The molecule has 0 amide bonds. The van der Waals surface area contributed by atoms with Gasteiger partial charge >= 0.3 is 0 Å². The Morgan fingerprint density at radius 3 is 2.06 bits per heavy atom. The van der Waals surface area contributed by atoms with Crippen molar-refractivity contribution >= 4 is 21.6 Å². The maximum absolute atomic E-state index is 3.50. The first-order chi connectivity index (χ1) is 8.27. The van der Waals surface area contributed by atoms with Crippen LogP contribution in [0, 0.1) is 0 Å². The van der Waals surface area contributed by atoms with Crippen molar-refractivity contribution in [2.75, 3.05) is 44.2 Å².